The molecular formula is C16H24ClN3O. The number of benzene rings is 1. The highest BCUT2D eigenvalue weighted by molar-refractivity contribution is 6.30. The van der Waals surface area contributed by atoms with Gasteiger partial charge in [-0.25, -0.2) is 0 Å². The number of rotatable bonds is 5. The molecular weight excluding hydrogens is 286 g/mol. The molecule has 116 valence electrons. The molecule has 0 spiro atoms. The Morgan fingerprint density at radius 1 is 1.52 bits per heavy atom. The fraction of sp³-hybridized carbons (Fsp3) is 0.562. The van der Waals surface area contributed by atoms with Crippen LogP contribution in [0.1, 0.15) is 18.4 Å². The zero-order valence-corrected chi connectivity index (χ0v) is 13.5. The van der Waals surface area contributed by atoms with Crippen molar-refractivity contribution in [1.82, 2.24) is 10.2 Å². The Labute approximate surface area is 131 Å². The number of hydrogen-bond donors (Lipinski definition) is 2. The first-order valence-electron chi connectivity index (χ1n) is 7.50. The third kappa shape index (κ3) is 5.30. The molecule has 1 heterocycles. The molecule has 1 aliphatic rings. The number of aryl methyl sites for hydroxylation is 1. The summed E-state index contributed by atoms with van der Waals surface area (Å²) in [5.41, 5.74) is 1.81. The minimum atomic E-state index is 0.0201. The van der Waals surface area contributed by atoms with E-state index in [4.69, 9.17) is 11.6 Å². The number of likely N-dealkylation sites (N-methyl/N-ethyl adjacent to an activating group) is 1. The van der Waals surface area contributed by atoms with Crippen molar-refractivity contribution in [2.45, 2.75) is 19.8 Å². The second-order valence-electron chi connectivity index (χ2n) is 5.92. The van der Waals surface area contributed by atoms with Crippen LogP contribution in [0.25, 0.3) is 0 Å². The summed E-state index contributed by atoms with van der Waals surface area (Å²) in [7, 11) is 2.00. The number of anilines is 1. The molecule has 1 unspecified atom stereocenters. The molecule has 0 radical (unpaired) electrons. The minimum Gasteiger partial charge on any atom is -0.325 e. The summed E-state index contributed by atoms with van der Waals surface area (Å²) in [4.78, 5) is 14.2. The quantitative estimate of drug-likeness (QED) is 0.878. The average Bonchev–Trinajstić information content (AvgIpc) is 2.43. The van der Waals surface area contributed by atoms with Crippen molar-refractivity contribution in [3.8, 4) is 0 Å². The van der Waals surface area contributed by atoms with Crippen LogP contribution in [-0.4, -0.2) is 44.0 Å². The van der Waals surface area contributed by atoms with Crippen LogP contribution >= 0.6 is 11.6 Å². The lowest BCUT2D eigenvalue weighted by molar-refractivity contribution is -0.117. The number of amides is 1. The summed E-state index contributed by atoms with van der Waals surface area (Å²) in [6.07, 6.45) is 2.48. The van der Waals surface area contributed by atoms with Gasteiger partial charge in [-0.1, -0.05) is 11.6 Å². The van der Waals surface area contributed by atoms with E-state index in [1.54, 1.807) is 6.07 Å². The summed E-state index contributed by atoms with van der Waals surface area (Å²) < 4.78 is 0. The number of piperidine rings is 1. The molecule has 1 atom stereocenters. The highest BCUT2D eigenvalue weighted by atomic mass is 35.5. The Balaban J connectivity index is 1.80. The van der Waals surface area contributed by atoms with E-state index in [1.807, 2.05) is 26.1 Å². The molecule has 1 saturated heterocycles. The SMILES string of the molecule is Cc1cc(Cl)ccc1NC(=O)CN(C)CC1CCCNC1. The lowest BCUT2D eigenvalue weighted by Crippen LogP contribution is -2.39. The largest absolute Gasteiger partial charge is 0.325 e. The van der Waals surface area contributed by atoms with Crippen LogP contribution in [0.15, 0.2) is 18.2 Å². The molecule has 0 aromatic heterocycles. The van der Waals surface area contributed by atoms with Crippen LogP contribution in [0.3, 0.4) is 0 Å². The number of nitrogens with zero attached hydrogens (tertiary/aromatic N) is 1. The van der Waals surface area contributed by atoms with Crippen molar-refractivity contribution >= 4 is 23.2 Å². The van der Waals surface area contributed by atoms with Crippen LogP contribution in [-0.2, 0) is 4.79 Å². The van der Waals surface area contributed by atoms with Crippen LogP contribution in [0.5, 0.6) is 0 Å². The molecule has 1 aromatic carbocycles. The summed E-state index contributed by atoms with van der Waals surface area (Å²) in [5.74, 6) is 0.667. The normalized spacial score (nSPS) is 18.8. The van der Waals surface area contributed by atoms with Crippen molar-refractivity contribution < 1.29 is 4.79 Å². The van der Waals surface area contributed by atoms with E-state index < -0.39 is 0 Å². The first-order valence-corrected chi connectivity index (χ1v) is 7.87. The molecule has 0 bridgehead atoms. The molecule has 0 aliphatic carbocycles. The lowest BCUT2D eigenvalue weighted by Gasteiger charge is -2.27. The van der Waals surface area contributed by atoms with Gasteiger partial charge >= 0.3 is 0 Å². The molecule has 2 N–H and O–H groups in total. The van der Waals surface area contributed by atoms with Crippen molar-refractivity contribution in [3.63, 3.8) is 0 Å². The topological polar surface area (TPSA) is 44.4 Å². The minimum absolute atomic E-state index is 0.0201. The number of halogens is 1. The zero-order valence-electron chi connectivity index (χ0n) is 12.8. The monoisotopic (exact) mass is 309 g/mol. The number of carbonyl (C=O) groups excluding carboxylic acids is 1. The van der Waals surface area contributed by atoms with Gasteiger partial charge in [0, 0.05) is 17.3 Å². The van der Waals surface area contributed by atoms with Gasteiger partial charge in [0.15, 0.2) is 0 Å². The van der Waals surface area contributed by atoms with E-state index in [0.29, 0.717) is 17.5 Å². The number of hydrogen-bond acceptors (Lipinski definition) is 3. The summed E-state index contributed by atoms with van der Waals surface area (Å²) in [5, 5.41) is 7.04. The molecule has 4 nitrogen and oxygen atoms in total. The average molecular weight is 310 g/mol. The predicted molar refractivity (Wildman–Crippen MR) is 87.9 cm³/mol. The van der Waals surface area contributed by atoms with E-state index in [-0.39, 0.29) is 5.91 Å². The van der Waals surface area contributed by atoms with E-state index in [2.05, 4.69) is 15.5 Å². The van der Waals surface area contributed by atoms with Crippen molar-refractivity contribution in [1.29, 1.82) is 0 Å². The molecule has 1 fully saturated rings. The van der Waals surface area contributed by atoms with E-state index in [9.17, 15) is 4.79 Å². The van der Waals surface area contributed by atoms with E-state index >= 15 is 0 Å². The molecule has 0 saturated carbocycles. The molecule has 5 heteroatoms. The second kappa shape index (κ2) is 7.78. The standard InChI is InChI=1S/C16H24ClN3O/c1-12-8-14(17)5-6-15(12)19-16(21)11-20(2)10-13-4-3-7-18-9-13/h5-6,8,13,18H,3-4,7,9-11H2,1-2H3,(H,19,21). The van der Waals surface area contributed by atoms with Gasteiger partial charge in [-0.15, -0.1) is 0 Å². The van der Waals surface area contributed by atoms with Gasteiger partial charge in [0.1, 0.15) is 0 Å². The zero-order chi connectivity index (χ0) is 15.2. The van der Waals surface area contributed by atoms with Crippen molar-refractivity contribution in [2.75, 3.05) is 38.5 Å². The third-order valence-electron chi connectivity index (χ3n) is 3.84. The predicted octanol–water partition coefficient (Wildman–Crippen LogP) is 2.52. The Morgan fingerprint density at radius 2 is 2.33 bits per heavy atom. The Bertz CT molecular complexity index is 486. The van der Waals surface area contributed by atoms with Gasteiger partial charge < -0.3 is 10.6 Å². The summed E-state index contributed by atoms with van der Waals surface area (Å²) in [6.45, 7) is 5.50. The van der Waals surface area contributed by atoms with Crippen molar-refractivity contribution in [3.05, 3.63) is 28.8 Å². The summed E-state index contributed by atoms with van der Waals surface area (Å²) >= 11 is 5.92. The van der Waals surface area contributed by atoms with Crippen molar-refractivity contribution in [2.24, 2.45) is 5.92 Å². The maximum atomic E-state index is 12.1. The van der Waals surface area contributed by atoms with Gasteiger partial charge in [0.2, 0.25) is 5.91 Å². The van der Waals surface area contributed by atoms with Crippen LogP contribution in [0.2, 0.25) is 5.02 Å². The second-order valence-corrected chi connectivity index (χ2v) is 6.35. The van der Waals surface area contributed by atoms with Gasteiger partial charge in [-0.2, -0.15) is 0 Å². The smallest absolute Gasteiger partial charge is 0.238 e. The number of carbonyl (C=O) groups is 1. The maximum absolute atomic E-state index is 12.1. The fourth-order valence-electron chi connectivity index (χ4n) is 2.79. The van der Waals surface area contributed by atoms with Crippen LogP contribution < -0.4 is 10.6 Å². The van der Waals surface area contributed by atoms with Gasteiger partial charge in [0.25, 0.3) is 0 Å². The third-order valence-corrected chi connectivity index (χ3v) is 4.08. The molecule has 21 heavy (non-hydrogen) atoms. The van der Waals surface area contributed by atoms with E-state index in [1.165, 1.54) is 12.8 Å². The highest BCUT2D eigenvalue weighted by Gasteiger charge is 2.16. The first-order chi connectivity index (χ1) is 10.0. The lowest BCUT2D eigenvalue weighted by atomic mass is 9.99. The highest BCUT2D eigenvalue weighted by Crippen LogP contribution is 2.19. The van der Waals surface area contributed by atoms with Gasteiger partial charge in [0.05, 0.1) is 6.54 Å². The maximum Gasteiger partial charge on any atom is 0.238 e. The Kier molecular flexibility index (Phi) is 6.03. The van der Waals surface area contributed by atoms with Crippen LogP contribution in [0.4, 0.5) is 5.69 Å². The molecule has 1 amide bonds. The van der Waals surface area contributed by atoms with Gasteiger partial charge in [-0.3, -0.25) is 9.69 Å². The Morgan fingerprint density at radius 3 is 3.00 bits per heavy atom. The molecule has 1 aromatic rings. The van der Waals surface area contributed by atoms with Crippen LogP contribution in [0, 0.1) is 12.8 Å². The fourth-order valence-corrected chi connectivity index (χ4v) is 3.01. The molecule has 2 rings (SSSR count). The Hall–Kier alpha value is -1.10. The number of nitrogens with one attached hydrogen (secondary N) is 2. The summed E-state index contributed by atoms with van der Waals surface area (Å²) in [6, 6.07) is 5.50. The van der Waals surface area contributed by atoms with Gasteiger partial charge in [-0.05, 0) is 69.6 Å². The van der Waals surface area contributed by atoms with E-state index in [0.717, 1.165) is 30.9 Å². The molecule has 1 aliphatic heterocycles. The first kappa shape index (κ1) is 16.3.